The van der Waals surface area contributed by atoms with E-state index in [0.29, 0.717) is 0 Å². The van der Waals surface area contributed by atoms with Crippen LogP contribution in [0.5, 0.6) is 0 Å². The fraction of sp³-hybridized carbons (Fsp3) is 1.00. The van der Waals surface area contributed by atoms with Gasteiger partial charge in [0.1, 0.15) is 0 Å². The SMILES string of the molecule is CCNCC(C)CCC1CCOCC1. The van der Waals surface area contributed by atoms with Crippen molar-refractivity contribution in [3.63, 3.8) is 0 Å². The summed E-state index contributed by atoms with van der Waals surface area (Å²) < 4.78 is 5.36. The van der Waals surface area contributed by atoms with Gasteiger partial charge in [0.2, 0.25) is 0 Å². The quantitative estimate of drug-likeness (QED) is 0.709. The van der Waals surface area contributed by atoms with Gasteiger partial charge in [-0.2, -0.15) is 0 Å². The minimum absolute atomic E-state index is 0.831. The molecule has 1 fully saturated rings. The second kappa shape index (κ2) is 7.24. The summed E-state index contributed by atoms with van der Waals surface area (Å²) in [4.78, 5) is 0. The van der Waals surface area contributed by atoms with E-state index in [9.17, 15) is 0 Å². The lowest BCUT2D eigenvalue weighted by Gasteiger charge is -2.23. The summed E-state index contributed by atoms with van der Waals surface area (Å²) in [6.07, 6.45) is 5.34. The van der Waals surface area contributed by atoms with Crippen molar-refractivity contribution in [1.82, 2.24) is 5.32 Å². The zero-order valence-corrected chi connectivity index (χ0v) is 9.72. The van der Waals surface area contributed by atoms with E-state index < -0.39 is 0 Å². The molecule has 1 aliphatic heterocycles. The van der Waals surface area contributed by atoms with E-state index in [1.54, 1.807) is 0 Å². The Balaban J connectivity index is 2.00. The van der Waals surface area contributed by atoms with Crippen molar-refractivity contribution in [3.8, 4) is 0 Å². The Morgan fingerprint density at radius 1 is 1.36 bits per heavy atom. The Kier molecular flexibility index (Phi) is 6.20. The molecule has 0 spiro atoms. The van der Waals surface area contributed by atoms with Gasteiger partial charge in [0.15, 0.2) is 0 Å². The molecule has 0 aliphatic carbocycles. The first-order valence-corrected chi connectivity index (χ1v) is 6.11. The van der Waals surface area contributed by atoms with Crippen LogP contribution in [0.25, 0.3) is 0 Å². The maximum Gasteiger partial charge on any atom is 0.0468 e. The minimum Gasteiger partial charge on any atom is -0.381 e. The van der Waals surface area contributed by atoms with Gasteiger partial charge in [-0.1, -0.05) is 13.8 Å². The molecule has 1 unspecified atom stereocenters. The second-order valence-electron chi connectivity index (χ2n) is 4.55. The van der Waals surface area contributed by atoms with Crippen molar-refractivity contribution in [3.05, 3.63) is 0 Å². The summed E-state index contributed by atoms with van der Waals surface area (Å²) in [5, 5.41) is 3.41. The summed E-state index contributed by atoms with van der Waals surface area (Å²) in [6.45, 7) is 8.78. The zero-order chi connectivity index (χ0) is 10.2. The van der Waals surface area contributed by atoms with Gasteiger partial charge in [0.05, 0.1) is 0 Å². The Morgan fingerprint density at radius 3 is 2.71 bits per heavy atom. The molecule has 0 saturated carbocycles. The normalized spacial score (nSPS) is 21.0. The van der Waals surface area contributed by atoms with Crippen LogP contribution in [0.3, 0.4) is 0 Å². The molecular weight excluding hydrogens is 174 g/mol. The molecule has 84 valence electrons. The molecule has 1 atom stereocenters. The van der Waals surface area contributed by atoms with E-state index >= 15 is 0 Å². The van der Waals surface area contributed by atoms with Crippen molar-refractivity contribution in [2.75, 3.05) is 26.3 Å². The molecule has 0 aromatic rings. The number of ether oxygens (including phenoxy) is 1. The fourth-order valence-corrected chi connectivity index (χ4v) is 2.05. The molecule has 0 aromatic heterocycles. The van der Waals surface area contributed by atoms with Crippen molar-refractivity contribution in [2.45, 2.75) is 39.5 Å². The molecule has 2 heteroatoms. The molecule has 0 aromatic carbocycles. The van der Waals surface area contributed by atoms with Gasteiger partial charge in [0.25, 0.3) is 0 Å². The highest BCUT2D eigenvalue weighted by Crippen LogP contribution is 2.22. The Labute approximate surface area is 88.4 Å². The zero-order valence-electron chi connectivity index (χ0n) is 9.72. The third-order valence-electron chi connectivity index (χ3n) is 3.15. The third kappa shape index (κ3) is 4.97. The summed E-state index contributed by atoms with van der Waals surface area (Å²) in [5.41, 5.74) is 0. The lowest BCUT2D eigenvalue weighted by atomic mass is 9.91. The van der Waals surface area contributed by atoms with Crippen LogP contribution in [0.1, 0.15) is 39.5 Å². The molecule has 2 nitrogen and oxygen atoms in total. The van der Waals surface area contributed by atoms with Gasteiger partial charge in [-0.05, 0) is 50.6 Å². The standard InChI is InChI=1S/C12H25NO/c1-3-13-10-11(2)4-5-12-6-8-14-9-7-12/h11-13H,3-10H2,1-2H3. The summed E-state index contributed by atoms with van der Waals surface area (Å²) in [5.74, 6) is 1.77. The van der Waals surface area contributed by atoms with Crippen LogP contribution in [-0.4, -0.2) is 26.3 Å². The van der Waals surface area contributed by atoms with E-state index in [1.165, 1.54) is 32.2 Å². The van der Waals surface area contributed by atoms with Crippen molar-refractivity contribution in [2.24, 2.45) is 11.8 Å². The molecule has 0 amide bonds. The topological polar surface area (TPSA) is 21.3 Å². The van der Waals surface area contributed by atoms with Crippen molar-refractivity contribution >= 4 is 0 Å². The smallest absolute Gasteiger partial charge is 0.0468 e. The van der Waals surface area contributed by atoms with Crippen LogP contribution in [0.4, 0.5) is 0 Å². The molecule has 1 heterocycles. The van der Waals surface area contributed by atoms with Crippen LogP contribution >= 0.6 is 0 Å². The van der Waals surface area contributed by atoms with E-state index in [2.05, 4.69) is 19.2 Å². The van der Waals surface area contributed by atoms with Crippen molar-refractivity contribution in [1.29, 1.82) is 0 Å². The van der Waals surface area contributed by atoms with Gasteiger partial charge < -0.3 is 10.1 Å². The van der Waals surface area contributed by atoms with Crippen LogP contribution in [-0.2, 0) is 4.74 Å². The molecule has 0 bridgehead atoms. The number of hydrogen-bond acceptors (Lipinski definition) is 2. The first-order chi connectivity index (χ1) is 6.83. The first kappa shape index (κ1) is 12.0. The highest BCUT2D eigenvalue weighted by atomic mass is 16.5. The first-order valence-electron chi connectivity index (χ1n) is 6.11. The second-order valence-corrected chi connectivity index (χ2v) is 4.55. The average Bonchev–Trinajstić information content (AvgIpc) is 2.25. The Morgan fingerprint density at radius 2 is 2.07 bits per heavy atom. The molecule has 1 N–H and O–H groups in total. The number of hydrogen-bond donors (Lipinski definition) is 1. The molecule has 1 saturated heterocycles. The largest absolute Gasteiger partial charge is 0.381 e. The lowest BCUT2D eigenvalue weighted by molar-refractivity contribution is 0.0621. The van der Waals surface area contributed by atoms with Crippen LogP contribution < -0.4 is 5.32 Å². The summed E-state index contributed by atoms with van der Waals surface area (Å²) in [6, 6.07) is 0. The maximum atomic E-state index is 5.36. The maximum absolute atomic E-state index is 5.36. The van der Waals surface area contributed by atoms with E-state index in [-0.39, 0.29) is 0 Å². The Hall–Kier alpha value is -0.0800. The van der Waals surface area contributed by atoms with Gasteiger partial charge in [0, 0.05) is 13.2 Å². The molecule has 1 rings (SSSR count). The van der Waals surface area contributed by atoms with Gasteiger partial charge in [-0.15, -0.1) is 0 Å². The lowest BCUT2D eigenvalue weighted by Crippen LogP contribution is -2.22. The van der Waals surface area contributed by atoms with Crippen molar-refractivity contribution < 1.29 is 4.74 Å². The molecule has 1 aliphatic rings. The monoisotopic (exact) mass is 199 g/mol. The van der Waals surface area contributed by atoms with Gasteiger partial charge in [-0.25, -0.2) is 0 Å². The molecule has 14 heavy (non-hydrogen) atoms. The van der Waals surface area contributed by atoms with E-state index in [0.717, 1.165) is 31.6 Å². The fourth-order valence-electron chi connectivity index (χ4n) is 2.05. The average molecular weight is 199 g/mol. The molecular formula is C12H25NO. The van der Waals surface area contributed by atoms with E-state index in [4.69, 9.17) is 4.74 Å². The van der Waals surface area contributed by atoms with E-state index in [1.807, 2.05) is 0 Å². The number of rotatable bonds is 6. The predicted octanol–water partition coefficient (Wildman–Crippen LogP) is 2.44. The number of nitrogens with one attached hydrogen (secondary N) is 1. The third-order valence-corrected chi connectivity index (χ3v) is 3.15. The summed E-state index contributed by atoms with van der Waals surface area (Å²) in [7, 11) is 0. The predicted molar refractivity (Wildman–Crippen MR) is 60.5 cm³/mol. The van der Waals surface area contributed by atoms with Crippen LogP contribution in [0, 0.1) is 11.8 Å². The van der Waals surface area contributed by atoms with Gasteiger partial charge in [-0.3, -0.25) is 0 Å². The molecule has 0 radical (unpaired) electrons. The van der Waals surface area contributed by atoms with Gasteiger partial charge >= 0.3 is 0 Å². The van der Waals surface area contributed by atoms with Crippen LogP contribution in [0.2, 0.25) is 0 Å². The minimum atomic E-state index is 0.831. The Bertz CT molecular complexity index is 132. The summed E-state index contributed by atoms with van der Waals surface area (Å²) >= 11 is 0. The van der Waals surface area contributed by atoms with Crippen LogP contribution in [0.15, 0.2) is 0 Å². The highest BCUT2D eigenvalue weighted by Gasteiger charge is 2.14. The highest BCUT2D eigenvalue weighted by molar-refractivity contribution is 4.66.